The number of methoxy groups -OCH3 is 1. The maximum absolute atomic E-state index is 12.3. The molecule has 0 fully saturated rings. The zero-order valence-corrected chi connectivity index (χ0v) is 12.6. The normalized spacial score (nSPS) is 12.1. The van der Waals surface area contributed by atoms with Crippen LogP contribution in [0, 0.1) is 0 Å². The highest BCUT2D eigenvalue weighted by Crippen LogP contribution is 2.39. The second-order valence-corrected chi connectivity index (χ2v) is 5.09. The Labute approximate surface area is 132 Å². The fraction of sp³-hybridized carbons (Fsp3) is 0.188. The van der Waals surface area contributed by atoms with Crippen molar-refractivity contribution in [1.82, 2.24) is 5.32 Å². The average Bonchev–Trinajstić information content (AvgIpc) is 3.02. The van der Waals surface area contributed by atoms with Gasteiger partial charge in [-0.15, -0.1) is 0 Å². The van der Waals surface area contributed by atoms with Gasteiger partial charge in [0.15, 0.2) is 11.5 Å². The van der Waals surface area contributed by atoms with Crippen LogP contribution < -0.4 is 19.5 Å². The number of ether oxygens (including phenoxy) is 3. The summed E-state index contributed by atoms with van der Waals surface area (Å²) in [5, 5.41) is 3.19. The van der Waals surface area contributed by atoms with Gasteiger partial charge in [-0.2, -0.15) is 0 Å². The number of fused-ring (bicyclic) bond motifs is 1. The average molecular weight is 320 g/mol. The highest BCUT2D eigenvalue weighted by Gasteiger charge is 2.20. The van der Waals surface area contributed by atoms with Crippen LogP contribution in [0.2, 0.25) is 5.02 Å². The molecule has 22 heavy (non-hydrogen) atoms. The maximum atomic E-state index is 12.3. The van der Waals surface area contributed by atoms with Crippen molar-refractivity contribution in [3.05, 3.63) is 52.5 Å². The molecule has 0 atom stereocenters. The summed E-state index contributed by atoms with van der Waals surface area (Å²) in [5.41, 5.74) is 1.31. The van der Waals surface area contributed by atoms with E-state index in [9.17, 15) is 4.79 Å². The summed E-state index contributed by atoms with van der Waals surface area (Å²) in [6.07, 6.45) is 0. The van der Waals surface area contributed by atoms with Crippen molar-refractivity contribution < 1.29 is 19.0 Å². The zero-order valence-electron chi connectivity index (χ0n) is 11.9. The Kier molecular flexibility index (Phi) is 4.06. The van der Waals surface area contributed by atoms with Crippen LogP contribution in [0.25, 0.3) is 0 Å². The molecule has 3 rings (SSSR count). The topological polar surface area (TPSA) is 56.8 Å². The monoisotopic (exact) mass is 319 g/mol. The van der Waals surface area contributed by atoms with Crippen molar-refractivity contribution in [2.24, 2.45) is 0 Å². The molecule has 0 unspecified atom stereocenters. The molecule has 0 bridgehead atoms. The highest BCUT2D eigenvalue weighted by molar-refractivity contribution is 6.32. The molecule has 0 saturated carbocycles. The van der Waals surface area contributed by atoms with E-state index in [1.54, 1.807) is 19.2 Å². The number of hydrogen-bond donors (Lipinski definition) is 1. The van der Waals surface area contributed by atoms with Crippen LogP contribution in [-0.4, -0.2) is 19.8 Å². The number of rotatable bonds is 4. The molecule has 0 radical (unpaired) electrons. The minimum atomic E-state index is -0.244. The van der Waals surface area contributed by atoms with Gasteiger partial charge < -0.3 is 19.5 Å². The third-order valence-electron chi connectivity index (χ3n) is 3.32. The number of para-hydroxylation sites is 1. The van der Waals surface area contributed by atoms with Gasteiger partial charge in [0.05, 0.1) is 12.1 Å². The Balaban J connectivity index is 1.74. The molecular weight excluding hydrogens is 306 g/mol. The van der Waals surface area contributed by atoms with Gasteiger partial charge in [-0.3, -0.25) is 4.79 Å². The predicted octanol–water partition coefficient (Wildman–Crippen LogP) is 3.01. The summed E-state index contributed by atoms with van der Waals surface area (Å²) < 4.78 is 15.7. The molecule has 1 N–H and O–H groups in total. The molecule has 2 aromatic carbocycles. The first-order valence-electron chi connectivity index (χ1n) is 6.68. The molecule has 1 aliphatic heterocycles. The van der Waals surface area contributed by atoms with E-state index in [2.05, 4.69) is 5.32 Å². The van der Waals surface area contributed by atoms with E-state index >= 15 is 0 Å². The second kappa shape index (κ2) is 6.15. The molecular formula is C16H14ClNO4. The molecule has 1 amide bonds. The van der Waals surface area contributed by atoms with E-state index in [4.69, 9.17) is 25.8 Å². The van der Waals surface area contributed by atoms with Crippen LogP contribution in [0.1, 0.15) is 15.9 Å². The van der Waals surface area contributed by atoms with Gasteiger partial charge >= 0.3 is 0 Å². The number of halogens is 1. The number of hydrogen-bond acceptors (Lipinski definition) is 4. The molecule has 0 spiro atoms. The molecule has 1 heterocycles. The minimum absolute atomic E-state index is 0.112. The number of nitrogens with one attached hydrogen (secondary N) is 1. The summed E-state index contributed by atoms with van der Waals surface area (Å²) >= 11 is 6.08. The van der Waals surface area contributed by atoms with Crippen molar-refractivity contribution in [2.45, 2.75) is 6.54 Å². The van der Waals surface area contributed by atoms with E-state index in [1.165, 1.54) is 0 Å². The number of carbonyl (C=O) groups is 1. The number of amides is 1. The first-order valence-corrected chi connectivity index (χ1v) is 7.06. The molecule has 114 valence electrons. The summed E-state index contributed by atoms with van der Waals surface area (Å²) in [7, 11) is 1.60. The Morgan fingerprint density at radius 1 is 1.32 bits per heavy atom. The summed E-state index contributed by atoms with van der Waals surface area (Å²) in [5.74, 6) is 1.44. The zero-order chi connectivity index (χ0) is 15.5. The van der Waals surface area contributed by atoms with E-state index in [1.807, 2.05) is 24.3 Å². The van der Waals surface area contributed by atoms with Crippen molar-refractivity contribution in [3.8, 4) is 17.2 Å². The van der Waals surface area contributed by atoms with Gasteiger partial charge in [0, 0.05) is 17.7 Å². The Morgan fingerprint density at radius 3 is 2.95 bits per heavy atom. The third kappa shape index (κ3) is 2.80. The summed E-state index contributed by atoms with van der Waals surface area (Å²) in [4.78, 5) is 12.3. The Bertz CT molecular complexity index is 717. The predicted molar refractivity (Wildman–Crippen MR) is 81.7 cm³/mol. The first kappa shape index (κ1) is 14.5. The van der Waals surface area contributed by atoms with Crippen LogP contribution in [0.4, 0.5) is 0 Å². The van der Waals surface area contributed by atoms with E-state index in [-0.39, 0.29) is 12.7 Å². The fourth-order valence-electron chi connectivity index (χ4n) is 2.23. The lowest BCUT2D eigenvalue weighted by Gasteiger charge is -2.10. The van der Waals surface area contributed by atoms with Crippen molar-refractivity contribution in [2.75, 3.05) is 13.9 Å². The first-order chi connectivity index (χ1) is 10.7. The van der Waals surface area contributed by atoms with Gasteiger partial charge in [0.2, 0.25) is 6.79 Å². The smallest absolute Gasteiger partial charge is 0.251 e. The quantitative estimate of drug-likeness (QED) is 0.941. The van der Waals surface area contributed by atoms with Gasteiger partial charge in [-0.1, -0.05) is 29.8 Å². The molecule has 6 heteroatoms. The van der Waals surface area contributed by atoms with E-state index in [0.29, 0.717) is 28.6 Å². The lowest BCUT2D eigenvalue weighted by molar-refractivity contribution is 0.0950. The number of carbonyl (C=O) groups excluding carboxylic acids is 1. The molecule has 1 aliphatic rings. The minimum Gasteiger partial charge on any atom is -0.496 e. The van der Waals surface area contributed by atoms with Gasteiger partial charge in [0.1, 0.15) is 5.75 Å². The Morgan fingerprint density at radius 2 is 2.14 bits per heavy atom. The number of benzene rings is 2. The van der Waals surface area contributed by atoms with Crippen molar-refractivity contribution in [3.63, 3.8) is 0 Å². The third-order valence-corrected chi connectivity index (χ3v) is 3.60. The summed E-state index contributed by atoms with van der Waals surface area (Å²) in [6, 6.07) is 10.7. The fourth-order valence-corrected chi connectivity index (χ4v) is 2.49. The Hall–Kier alpha value is -2.40. The van der Waals surface area contributed by atoms with Gasteiger partial charge in [-0.25, -0.2) is 0 Å². The maximum Gasteiger partial charge on any atom is 0.251 e. The molecule has 5 nitrogen and oxygen atoms in total. The van der Waals surface area contributed by atoms with Crippen LogP contribution in [0.5, 0.6) is 17.2 Å². The highest BCUT2D eigenvalue weighted by atomic mass is 35.5. The molecule has 2 aromatic rings. The van der Waals surface area contributed by atoms with Gasteiger partial charge in [-0.05, 0) is 18.2 Å². The molecule has 0 aromatic heterocycles. The van der Waals surface area contributed by atoms with E-state index < -0.39 is 0 Å². The van der Waals surface area contributed by atoms with Crippen LogP contribution in [0.15, 0.2) is 36.4 Å². The van der Waals surface area contributed by atoms with Crippen molar-refractivity contribution >= 4 is 17.5 Å². The lowest BCUT2D eigenvalue weighted by atomic mass is 10.1. The van der Waals surface area contributed by atoms with Gasteiger partial charge in [0.25, 0.3) is 5.91 Å². The van der Waals surface area contributed by atoms with Crippen LogP contribution in [0.3, 0.4) is 0 Å². The molecule has 0 saturated heterocycles. The van der Waals surface area contributed by atoms with Crippen LogP contribution in [-0.2, 0) is 6.54 Å². The SMILES string of the molecule is COc1ccccc1CNC(=O)c1cc(Cl)c2c(c1)OCO2. The lowest BCUT2D eigenvalue weighted by Crippen LogP contribution is -2.23. The standard InChI is InChI=1S/C16H14ClNO4/c1-20-13-5-3-2-4-10(13)8-18-16(19)11-6-12(17)15-14(7-11)21-9-22-15/h2-7H,8-9H2,1H3,(H,18,19). The van der Waals surface area contributed by atoms with Crippen LogP contribution >= 0.6 is 11.6 Å². The van der Waals surface area contributed by atoms with Crippen molar-refractivity contribution in [1.29, 1.82) is 0 Å². The summed E-state index contributed by atoms with van der Waals surface area (Å²) in [6.45, 7) is 0.468. The largest absolute Gasteiger partial charge is 0.496 e. The second-order valence-electron chi connectivity index (χ2n) is 4.69. The van der Waals surface area contributed by atoms with E-state index in [0.717, 1.165) is 11.3 Å². The molecule has 0 aliphatic carbocycles.